The second-order valence-electron chi connectivity index (χ2n) is 6.14. The van der Waals surface area contributed by atoms with Gasteiger partial charge in [0.2, 0.25) is 0 Å². The summed E-state index contributed by atoms with van der Waals surface area (Å²) in [5.41, 5.74) is 3.06. The Hall–Kier alpha value is -1.84. The van der Waals surface area contributed by atoms with E-state index in [4.69, 9.17) is 4.84 Å². The van der Waals surface area contributed by atoms with Crippen LogP contribution in [0.5, 0.6) is 0 Å². The first-order valence-corrected chi connectivity index (χ1v) is 7.67. The van der Waals surface area contributed by atoms with E-state index in [2.05, 4.69) is 23.1 Å². The molecule has 1 fully saturated rings. The van der Waals surface area contributed by atoms with Crippen LogP contribution in [-0.4, -0.2) is 23.8 Å². The van der Waals surface area contributed by atoms with Crippen molar-refractivity contribution in [2.45, 2.75) is 38.2 Å². The number of amidine groups is 1. The van der Waals surface area contributed by atoms with Crippen LogP contribution >= 0.6 is 0 Å². The van der Waals surface area contributed by atoms with E-state index in [1.165, 1.54) is 11.6 Å². The lowest BCUT2D eigenvalue weighted by Crippen LogP contribution is -2.50. The van der Waals surface area contributed by atoms with Crippen LogP contribution in [0.15, 0.2) is 35.0 Å². The maximum absolute atomic E-state index is 13.4. The van der Waals surface area contributed by atoms with Gasteiger partial charge in [-0.25, -0.2) is 4.39 Å². The second-order valence-corrected chi connectivity index (χ2v) is 6.14. The highest BCUT2D eigenvalue weighted by molar-refractivity contribution is 5.98. The summed E-state index contributed by atoms with van der Waals surface area (Å²) >= 11 is 0. The number of halogens is 1. The van der Waals surface area contributed by atoms with E-state index in [9.17, 15) is 4.39 Å². The number of hydrogen-bond donors (Lipinski definition) is 0. The van der Waals surface area contributed by atoms with Gasteiger partial charge in [-0.05, 0) is 55.9 Å². The molecule has 1 saturated heterocycles. The van der Waals surface area contributed by atoms with Crippen molar-refractivity contribution in [3.63, 3.8) is 0 Å². The molecular weight excluding hydrogens is 267 g/mol. The number of nitrogens with zero attached hydrogens (tertiary/aromatic N) is 2. The first-order valence-electron chi connectivity index (χ1n) is 7.67. The Morgan fingerprint density at radius 1 is 1.38 bits per heavy atom. The molecule has 0 N–H and O–H groups in total. The van der Waals surface area contributed by atoms with Gasteiger partial charge in [-0.2, -0.15) is 0 Å². The zero-order chi connectivity index (χ0) is 14.4. The minimum atomic E-state index is -0.386. The maximum atomic E-state index is 13.4. The van der Waals surface area contributed by atoms with E-state index in [-0.39, 0.29) is 11.4 Å². The Labute approximate surface area is 124 Å². The summed E-state index contributed by atoms with van der Waals surface area (Å²) in [7, 11) is 0. The summed E-state index contributed by atoms with van der Waals surface area (Å²) in [6.07, 6.45) is 6.10. The van der Waals surface area contributed by atoms with Crippen LogP contribution in [0.25, 0.3) is 0 Å². The minimum absolute atomic E-state index is 0.167. The number of rotatable bonds is 0. The molecule has 2 heterocycles. The van der Waals surface area contributed by atoms with Crippen LogP contribution in [0.3, 0.4) is 0 Å². The first-order chi connectivity index (χ1) is 10.2. The number of piperidine rings is 1. The molecule has 1 unspecified atom stereocenters. The average Bonchev–Trinajstić information content (AvgIpc) is 2.84. The molecular formula is C17H19FN2O. The van der Waals surface area contributed by atoms with Gasteiger partial charge < -0.3 is 9.74 Å². The van der Waals surface area contributed by atoms with Crippen LogP contribution in [0.2, 0.25) is 0 Å². The average molecular weight is 286 g/mol. The summed E-state index contributed by atoms with van der Waals surface area (Å²) in [6, 6.07) is 5.04. The second kappa shape index (κ2) is 4.58. The van der Waals surface area contributed by atoms with Gasteiger partial charge in [-0.1, -0.05) is 17.3 Å². The number of allylic oxidation sites excluding steroid dienone is 1. The number of benzene rings is 1. The van der Waals surface area contributed by atoms with Gasteiger partial charge in [0, 0.05) is 12.1 Å². The lowest BCUT2D eigenvalue weighted by Gasteiger charge is -2.42. The molecule has 21 heavy (non-hydrogen) atoms. The first kappa shape index (κ1) is 12.9. The van der Waals surface area contributed by atoms with Crippen LogP contribution in [0.1, 0.15) is 37.3 Å². The fourth-order valence-electron chi connectivity index (χ4n) is 3.84. The third kappa shape index (κ3) is 1.88. The normalized spacial score (nSPS) is 29.1. The highest BCUT2D eigenvalue weighted by Crippen LogP contribution is 2.44. The summed E-state index contributed by atoms with van der Waals surface area (Å²) < 4.78 is 13.4. The highest BCUT2D eigenvalue weighted by Gasteiger charge is 2.46. The van der Waals surface area contributed by atoms with E-state index < -0.39 is 0 Å². The van der Waals surface area contributed by atoms with Crippen molar-refractivity contribution in [2.24, 2.45) is 5.16 Å². The predicted molar refractivity (Wildman–Crippen MR) is 79.5 cm³/mol. The molecule has 1 spiro atoms. The van der Waals surface area contributed by atoms with E-state index >= 15 is 0 Å². The quantitative estimate of drug-likeness (QED) is 0.730. The number of fused-ring (bicyclic) bond motifs is 3. The molecule has 1 aromatic rings. The van der Waals surface area contributed by atoms with Gasteiger partial charge in [0.05, 0.1) is 6.54 Å². The Bertz CT molecular complexity index is 652. The molecule has 1 aliphatic carbocycles. The third-order valence-corrected chi connectivity index (χ3v) is 4.92. The Morgan fingerprint density at radius 2 is 2.29 bits per heavy atom. The van der Waals surface area contributed by atoms with Gasteiger partial charge in [0.15, 0.2) is 11.4 Å². The number of hydrogen-bond acceptors (Lipinski definition) is 3. The molecule has 0 saturated carbocycles. The SMILES string of the molecule is C/C=C1\CCCN2CC3(CCc4cc(F)ccc43)ON=C12. The molecule has 2 aliphatic heterocycles. The van der Waals surface area contributed by atoms with Crippen molar-refractivity contribution < 1.29 is 9.23 Å². The zero-order valence-electron chi connectivity index (χ0n) is 12.2. The van der Waals surface area contributed by atoms with Gasteiger partial charge >= 0.3 is 0 Å². The predicted octanol–water partition coefficient (Wildman–Crippen LogP) is 3.35. The van der Waals surface area contributed by atoms with Crippen molar-refractivity contribution in [1.82, 2.24) is 4.90 Å². The monoisotopic (exact) mass is 286 g/mol. The minimum Gasteiger partial charge on any atom is -0.381 e. The van der Waals surface area contributed by atoms with Crippen molar-refractivity contribution >= 4 is 5.84 Å². The molecule has 3 nitrogen and oxygen atoms in total. The Balaban J connectivity index is 1.73. The zero-order valence-corrected chi connectivity index (χ0v) is 12.2. The summed E-state index contributed by atoms with van der Waals surface area (Å²) in [4.78, 5) is 8.31. The molecule has 4 rings (SSSR count). The largest absolute Gasteiger partial charge is 0.381 e. The third-order valence-electron chi connectivity index (χ3n) is 4.92. The Kier molecular flexibility index (Phi) is 2.81. The van der Waals surface area contributed by atoms with E-state index in [0.717, 1.165) is 55.7 Å². The van der Waals surface area contributed by atoms with Gasteiger partial charge in [0.1, 0.15) is 5.82 Å². The fourth-order valence-corrected chi connectivity index (χ4v) is 3.84. The molecule has 0 aromatic heterocycles. The van der Waals surface area contributed by atoms with E-state index in [1.807, 2.05) is 6.07 Å². The highest BCUT2D eigenvalue weighted by atomic mass is 19.1. The van der Waals surface area contributed by atoms with Crippen LogP contribution in [0, 0.1) is 5.82 Å². The lowest BCUT2D eigenvalue weighted by atomic mass is 9.92. The van der Waals surface area contributed by atoms with Crippen molar-refractivity contribution in [3.05, 3.63) is 46.8 Å². The van der Waals surface area contributed by atoms with Crippen molar-refractivity contribution in [3.8, 4) is 0 Å². The molecule has 0 radical (unpaired) electrons. The lowest BCUT2D eigenvalue weighted by molar-refractivity contribution is -0.0781. The molecule has 1 atom stereocenters. The smallest absolute Gasteiger partial charge is 0.180 e. The molecule has 4 heteroatoms. The Morgan fingerprint density at radius 3 is 3.14 bits per heavy atom. The summed E-state index contributed by atoms with van der Waals surface area (Å²) in [6.45, 7) is 3.90. The van der Waals surface area contributed by atoms with Crippen molar-refractivity contribution in [2.75, 3.05) is 13.1 Å². The molecule has 3 aliphatic rings. The van der Waals surface area contributed by atoms with Crippen LogP contribution in [-0.2, 0) is 16.9 Å². The molecule has 110 valence electrons. The summed E-state index contributed by atoms with van der Waals surface area (Å²) in [5.74, 6) is 0.824. The number of aryl methyl sites for hydroxylation is 1. The van der Waals surface area contributed by atoms with Crippen LogP contribution in [0.4, 0.5) is 4.39 Å². The van der Waals surface area contributed by atoms with Gasteiger partial charge in [0.25, 0.3) is 0 Å². The molecule has 0 amide bonds. The number of oxime groups is 1. The van der Waals surface area contributed by atoms with Crippen LogP contribution < -0.4 is 0 Å². The topological polar surface area (TPSA) is 24.8 Å². The molecule has 1 aromatic carbocycles. The fraction of sp³-hybridized carbons (Fsp3) is 0.471. The molecule has 0 bridgehead atoms. The standard InChI is InChI=1S/C17H19FN2O/c1-2-12-4-3-9-20-11-17(21-19-16(12)20)8-7-13-10-14(18)5-6-15(13)17/h2,5-6,10H,3-4,7-9,11H2,1H3/b12-2+. The van der Waals surface area contributed by atoms with E-state index in [1.54, 1.807) is 6.07 Å². The summed E-state index contributed by atoms with van der Waals surface area (Å²) in [5, 5.41) is 4.44. The maximum Gasteiger partial charge on any atom is 0.180 e. The van der Waals surface area contributed by atoms with Gasteiger partial charge in [-0.15, -0.1) is 0 Å². The van der Waals surface area contributed by atoms with Crippen molar-refractivity contribution in [1.29, 1.82) is 0 Å². The van der Waals surface area contributed by atoms with E-state index in [0.29, 0.717) is 0 Å². The van der Waals surface area contributed by atoms with Gasteiger partial charge in [-0.3, -0.25) is 0 Å².